The van der Waals surface area contributed by atoms with Crippen LogP contribution in [0.2, 0.25) is 0 Å². The van der Waals surface area contributed by atoms with Gasteiger partial charge in [0.05, 0.1) is 35.7 Å². The molecule has 1 saturated heterocycles. The zero-order chi connectivity index (χ0) is 32.6. The number of esters is 1. The topological polar surface area (TPSA) is 93.5 Å². The number of nitrogens with zero attached hydrogens (tertiary/aromatic N) is 3. The first-order valence-electron chi connectivity index (χ1n) is 15.8. The summed E-state index contributed by atoms with van der Waals surface area (Å²) < 4.78 is 20.3. The number of benzene rings is 3. The molecule has 3 aromatic carbocycles. The van der Waals surface area contributed by atoms with Crippen molar-refractivity contribution in [2.75, 3.05) is 25.5 Å². The molecule has 1 saturated carbocycles. The summed E-state index contributed by atoms with van der Waals surface area (Å²) in [5, 5.41) is 7.53. The van der Waals surface area contributed by atoms with Gasteiger partial charge in [0.1, 0.15) is 5.82 Å². The van der Waals surface area contributed by atoms with Crippen molar-refractivity contribution in [3.63, 3.8) is 0 Å². The molecule has 6 rings (SSSR count). The molecule has 1 aromatic heterocycles. The Morgan fingerprint density at radius 3 is 2.15 bits per heavy atom. The number of piperidine rings is 1. The lowest BCUT2D eigenvalue weighted by molar-refractivity contribution is 0.0599. The van der Waals surface area contributed by atoms with Crippen LogP contribution in [0.3, 0.4) is 0 Å². The van der Waals surface area contributed by atoms with Gasteiger partial charge < -0.3 is 15.0 Å². The van der Waals surface area contributed by atoms with Crippen molar-refractivity contribution in [1.29, 1.82) is 0 Å². The van der Waals surface area contributed by atoms with Gasteiger partial charge in [-0.2, -0.15) is 5.10 Å². The van der Waals surface area contributed by atoms with Crippen molar-refractivity contribution in [2.24, 2.45) is 0 Å². The van der Waals surface area contributed by atoms with Crippen LogP contribution in [-0.2, 0) is 10.3 Å². The Hall–Kier alpha value is -4.79. The summed E-state index contributed by atoms with van der Waals surface area (Å²) >= 11 is 0. The summed E-state index contributed by atoms with van der Waals surface area (Å²) in [5.74, 6) is -0.442. The number of hydrogen-bond acceptors (Lipinski definition) is 5. The SMILES string of the molecule is COC(=O)c1ccc(C2CCN(C(=O)c3cc(NC(=O)c4cnn(C(C)(C)C)c4-c4ccc(F)cc4)ccc3C3CC3)CC2)cc1. The van der Waals surface area contributed by atoms with E-state index in [2.05, 4.69) is 10.4 Å². The molecule has 2 heterocycles. The first kappa shape index (κ1) is 31.2. The van der Waals surface area contributed by atoms with Gasteiger partial charge >= 0.3 is 5.97 Å². The summed E-state index contributed by atoms with van der Waals surface area (Å²) in [6, 6.07) is 19.2. The fourth-order valence-electron chi connectivity index (χ4n) is 6.27. The molecule has 4 aromatic rings. The van der Waals surface area contributed by atoms with Crippen molar-refractivity contribution in [3.8, 4) is 11.3 Å². The maximum absolute atomic E-state index is 14.0. The molecule has 46 heavy (non-hydrogen) atoms. The lowest BCUT2D eigenvalue weighted by atomic mass is 9.88. The Bertz CT molecular complexity index is 1760. The van der Waals surface area contributed by atoms with Gasteiger partial charge in [-0.25, -0.2) is 9.18 Å². The van der Waals surface area contributed by atoms with Crippen LogP contribution in [0.4, 0.5) is 10.1 Å². The minimum Gasteiger partial charge on any atom is -0.465 e. The second-order valence-electron chi connectivity index (χ2n) is 13.2. The lowest BCUT2D eigenvalue weighted by Crippen LogP contribution is -2.38. The van der Waals surface area contributed by atoms with Crippen LogP contribution in [0.25, 0.3) is 11.3 Å². The molecule has 0 spiro atoms. The number of anilines is 1. The molecular formula is C37H39FN4O4. The summed E-state index contributed by atoms with van der Waals surface area (Å²) in [7, 11) is 1.37. The Kier molecular flexibility index (Phi) is 8.51. The Balaban J connectivity index is 1.20. The lowest BCUT2D eigenvalue weighted by Gasteiger charge is -2.33. The molecular weight excluding hydrogens is 583 g/mol. The highest BCUT2D eigenvalue weighted by Gasteiger charge is 2.32. The molecule has 8 nitrogen and oxygen atoms in total. The smallest absolute Gasteiger partial charge is 0.337 e. The normalized spacial score (nSPS) is 15.5. The summed E-state index contributed by atoms with van der Waals surface area (Å²) in [6.07, 6.45) is 5.27. The molecule has 0 unspecified atom stereocenters. The van der Waals surface area contributed by atoms with E-state index < -0.39 is 5.54 Å². The third kappa shape index (κ3) is 6.45. The first-order chi connectivity index (χ1) is 22.0. The molecule has 0 atom stereocenters. The van der Waals surface area contributed by atoms with Crippen molar-refractivity contribution in [3.05, 3.63) is 107 Å². The van der Waals surface area contributed by atoms with Crippen molar-refractivity contribution >= 4 is 23.5 Å². The number of nitrogens with one attached hydrogen (secondary N) is 1. The first-order valence-corrected chi connectivity index (χ1v) is 15.8. The summed E-state index contributed by atoms with van der Waals surface area (Å²) in [6.45, 7) is 7.22. The van der Waals surface area contributed by atoms with Gasteiger partial charge in [0.25, 0.3) is 11.8 Å². The second kappa shape index (κ2) is 12.5. The number of methoxy groups -OCH3 is 1. The van der Waals surface area contributed by atoms with Gasteiger partial charge in [0.15, 0.2) is 0 Å². The third-order valence-electron chi connectivity index (χ3n) is 8.91. The largest absolute Gasteiger partial charge is 0.465 e. The molecule has 0 bridgehead atoms. The average Bonchev–Trinajstić information content (AvgIpc) is 3.80. The number of aromatic nitrogens is 2. The quantitative estimate of drug-likeness (QED) is 0.217. The minimum atomic E-state index is -0.423. The summed E-state index contributed by atoms with van der Waals surface area (Å²) in [4.78, 5) is 41.4. The fourth-order valence-corrected chi connectivity index (χ4v) is 6.27. The number of ether oxygens (including phenoxy) is 1. The van der Waals surface area contributed by atoms with Crippen molar-refractivity contribution in [2.45, 2.75) is 63.8 Å². The second-order valence-corrected chi connectivity index (χ2v) is 13.2. The highest BCUT2D eigenvalue weighted by Crippen LogP contribution is 2.43. The van der Waals surface area contributed by atoms with E-state index in [9.17, 15) is 18.8 Å². The van der Waals surface area contributed by atoms with Crippen LogP contribution in [0, 0.1) is 5.82 Å². The van der Waals surface area contributed by atoms with Gasteiger partial charge in [-0.05, 0) is 118 Å². The van der Waals surface area contributed by atoms with Crippen molar-refractivity contribution < 1.29 is 23.5 Å². The standard InChI is InChI=1S/C37H39FN4O4/c1-37(2,3)42-33(26-11-13-28(38)14-12-26)32(22-39-42)34(43)40-29-15-16-30(25-7-8-25)31(21-29)35(44)41-19-17-24(18-20-41)23-5-9-27(10-6-23)36(45)46-4/h5-6,9-16,21-22,24-25H,7-8,17-20H2,1-4H3,(H,40,43). The minimum absolute atomic E-state index is 0.0231. The number of likely N-dealkylation sites (tertiary alicyclic amines) is 1. The molecule has 1 aliphatic carbocycles. The van der Waals surface area contributed by atoms with Gasteiger partial charge in [0, 0.05) is 29.9 Å². The highest BCUT2D eigenvalue weighted by atomic mass is 19.1. The Morgan fingerprint density at radius 1 is 0.870 bits per heavy atom. The van der Waals surface area contributed by atoms with E-state index in [0.29, 0.717) is 58.6 Å². The molecule has 1 N–H and O–H groups in total. The number of carbonyl (C=O) groups excluding carboxylic acids is 3. The Morgan fingerprint density at radius 2 is 1.54 bits per heavy atom. The van der Waals surface area contributed by atoms with E-state index in [0.717, 1.165) is 36.8 Å². The van der Waals surface area contributed by atoms with Crippen LogP contribution in [-0.4, -0.2) is 52.7 Å². The molecule has 2 amide bonds. The molecule has 2 fully saturated rings. The van der Waals surface area contributed by atoms with E-state index in [-0.39, 0.29) is 23.6 Å². The van der Waals surface area contributed by atoms with E-state index >= 15 is 0 Å². The highest BCUT2D eigenvalue weighted by molar-refractivity contribution is 6.09. The maximum Gasteiger partial charge on any atom is 0.337 e. The molecule has 238 valence electrons. The molecule has 0 radical (unpaired) electrons. The van der Waals surface area contributed by atoms with Crippen molar-refractivity contribution in [1.82, 2.24) is 14.7 Å². The summed E-state index contributed by atoms with van der Waals surface area (Å²) in [5.41, 5.74) is 5.08. The predicted octanol–water partition coefficient (Wildman–Crippen LogP) is 7.38. The van der Waals surface area contributed by atoms with Crippen LogP contribution in [0.1, 0.15) is 100 Å². The number of halogens is 1. The molecule has 2 aliphatic rings. The average molecular weight is 623 g/mol. The zero-order valence-corrected chi connectivity index (χ0v) is 26.7. The number of amides is 2. The van der Waals surface area contributed by atoms with Crippen LogP contribution < -0.4 is 5.32 Å². The number of carbonyl (C=O) groups is 3. The van der Waals surface area contributed by atoms with Gasteiger partial charge in [-0.15, -0.1) is 0 Å². The monoisotopic (exact) mass is 622 g/mol. The van der Waals surface area contributed by atoms with Gasteiger partial charge in [-0.3, -0.25) is 14.3 Å². The van der Waals surface area contributed by atoms with E-state index in [1.54, 1.807) is 35.0 Å². The van der Waals surface area contributed by atoms with E-state index in [1.807, 2.05) is 49.9 Å². The van der Waals surface area contributed by atoms with Gasteiger partial charge in [0.2, 0.25) is 0 Å². The van der Waals surface area contributed by atoms with Gasteiger partial charge in [-0.1, -0.05) is 18.2 Å². The molecule has 9 heteroatoms. The van der Waals surface area contributed by atoms with E-state index in [4.69, 9.17) is 4.74 Å². The Labute approximate surface area is 268 Å². The van der Waals surface area contributed by atoms with Crippen LogP contribution in [0.15, 0.2) is 72.9 Å². The predicted molar refractivity (Wildman–Crippen MR) is 175 cm³/mol. The molecule has 1 aliphatic heterocycles. The maximum atomic E-state index is 14.0. The fraction of sp³-hybridized carbons (Fsp3) is 0.351. The number of hydrogen-bond donors (Lipinski definition) is 1. The third-order valence-corrected chi connectivity index (χ3v) is 8.91. The number of rotatable bonds is 7. The van der Waals surface area contributed by atoms with Crippen LogP contribution in [0.5, 0.6) is 0 Å². The zero-order valence-electron chi connectivity index (χ0n) is 26.7. The van der Waals surface area contributed by atoms with Crippen LogP contribution >= 0.6 is 0 Å². The van der Waals surface area contributed by atoms with E-state index in [1.165, 1.54) is 25.4 Å².